The minimum atomic E-state index is -0.892. The van der Waals surface area contributed by atoms with Crippen LogP contribution in [0, 0.1) is 5.92 Å². The van der Waals surface area contributed by atoms with Gasteiger partial charge in [-0.05, 0) is 65.8 Å². The molecule has 0 spiro atoms. The highest BCUT2D eigenvalue weighted by atomic mass is 16.4. The summed E-state index contributed by atoms with van der Waals surface area (Å²) in [5, 5.41) is 9.39. The number of carbonyl (C=O) groups is 1. The van der Waals surface area contributed by atoms with Crippen molar-refractivity contribution in [1.29, 1.82) is 0 Å². The first-order chi connectivity index (χ1) is 13.7. The molecule has 2 heterocycles. The van der Waals surface area contributed by atoms with E-state index in [1.165, 1.54) is 17.5 Å². The Kier molecular flexibility index (Phi) is 5.49. The molecule has 1 saturated heterocycles. The molecule has 0 amide bonds. The fraction of sp³-hybridized carbons (Fsp3) is 0.250. The quantitative estimate of drug-likeness (QED) is 0.692. The van der Waals surface area contributed by atoms with E-state index < -0.39 is 5.97 Å². The van der Waals surface area contributed by atoms with Crippen LogP contribution in [0.1, 0.15) is 27.9 Å². The van der Waals surface area contributed by atoms with E-state index in [1.807, 2.05) is 36.7 Å². The Bertz CT molecular complexity index is 938. The van der Waals surface area contributed by atoms with Crippen LogP contribution in [0.25, 0.3) is 11.1 Å². The molecule has 0 aliphatic carbocycles. The van der Waals surface area contributed by atoms with Gasteiger partial charge in [-0.25, -0.2) is 4.79 Å². The Balaban J connectivity index is 1.38. The van der Waals surface area contributed by atoms with E-state index in [2.05, 4.69) is 34.1 Å². The number of aromatic nitrogens is 1. The van der Waals surface area contributed by atoms with Crippen molar-refractivity contribution in [1.82, 2.24) is 9.88 Å². The van der Waals surface area contributed by atoms with Crippen LogP contribution in [0.15, 0.2) is 73.1 Å². The maximum atomic E-state index is 11.4. The number of carboxylic acids is 1. The first-order valence-electron chi connectivity index (χ1n) is 9.72. The van der Waals surface area contributed by atoms with E-state index in [-0.39, 0.29) is 0 Å². The van der Waals surface area contributed by atoms with Gasteiger partial charge in [0, 0.05) is 25.5 Å². The monoisotopic (exact) mass is 372 g/mol. The second kappa shape index (κ2) is 8.36. The molecular formula is C24H24N2O2. The first-order valence-corrected chi connectivity index (χ1v) is 9.72. The molecule has 1 atom stereocenters. The summed E-state index contributed by atoms with van der Waals surface area (Å²) in [6, 6.07) is 19.7. The largest absolute Gasteiger partial charge is 0.478 e. The van der Waals surface area contributed by atoms with Crippen molar-refractivity contribution in [2.75, 3.05) is 13.1 Å². The van der Waals surface area contributed by atoms with E-state index in [9.17, 15) is 9.90 Å². The van der Waals surface area contributed by atoms with Crippen LogP contribution in [0.5, 0.6) is 0 Å². The van der Waals surface area contributed by atoms with E-state index in [0.29, 0.717) is 11.5 Å². The number of nitrogens with zero attached hydrogens (tertiary/aromatic N) is 2. The highest BCUT2D eigenvalue weighted by Gasteiger charge is 2.22. The summed E-state index contributed by atoms with van der Waals surface area (Å²) in [5.74, 6) is -0.193. The molecule has 4 nitrogen and oxygen atoms in total. The van der Waals surface area contributed by atoms with Gasteiger partial charge in [-0.1, -0.05) is 42.5 Å². The molecular weight excluding hydrogens is 348 g/mol. The fourth-order valence-corrected chi connectivity index (χ4v) is 4.04. The maximum Gasteiger partial charge on any atom is 0.336 e. The van der Waals surface area contributed by atoms with Crippen LogP contribution >= 0.6 is 0 Å². The number of rotatable bonds is 6. The van der Waals surface area contributed by atoms with Crippen LogP contribution in [0.4, 0.5) is 0 Å². The second-order valence-corrected chi connectivity index (χ2v) is 7.50. The minimum Gasteiger partial charge on any atom is -0.478 e. The Morgan fingerprint density at radius 2 is 1.75 bits per heavy atom. The van der Waals surface area contributed by atoms with Crippen molar-refractivity contribution in [3.63, 3.8) is 0 Å². The van der Waals surface area contributed by atoms with E-state index >= 15 is 0 Å². The summed E-state index contributed by atoms with van der Waals surface area (Å²) in [4.78, 5) is 18.0. The van der Waals surface area contributed by atoms with Gasteiger partial charge in [-0.15, -0.1) is 0 Å². The molecule has 1 fully saturated rings. The summed E-state index contributed by atoms with van der Waals surface area (Å²) in [5.41, 5.74) is 4.68. The van der Waals surface area contributed by atoms with Crippen LogP contribution in [0.2, 0.25) is 0 Å². The number of aromatic carboxylic acids is 1. The third-order valence-electron chi connectivity index (χ3n) is 5.47. The maximum absolute atomic E-state index is 11.4. The SMILES string of the molecule is O=C(O)c1ccccc1-c1ccc(CN2CC[C@@H](Cc3ccncc3)C2)cc1. The van der Waals surface area contributed by atoms with E-state index in [4.69, 9.17) is 0 Å². The van der Waals surface area contributed by atoms with Gasteiger partial charge in [-0.3, -0.25) is 9.88 Å². The smallest absolute Gasteiger partial charge is 0.336 e. The number of hydrogen-bond donors (Lipinski definition) is 1. The third kappa shape index (κ3) is 4.29. The van der Waals surface area contributed by atoms with Crippen molar-refractivity contribution in [2.24, 2.45) is 5.92 Å². The van der Waals surface area contributed by atoms with Crippen LogP contribution in [-0.2, 0) is 13.0 Å². The molecule has 1 aliphatic heterocycles. The zero-order chi connectivity index (χ0) is 19.3. The number of carboxylic acid groups (broad SMARTS) is 1. The molecule has 4 rings (SSSR count). The van der Waals surface area contributed by atoms with Gasteiger partial charge in [-0.2, -0.15) is 0 Å². The number of hydrogen-bond acceptors (Lipinski definition) is 3. The Hall–Kier alpha value is -2.98. The molecule has 0 saturated carbocycles. The Morgan fingerprint density at radius 3 is 2.50 bits per heavy atom. The van der Waals surface area contributed by atoms with E-state index in [0.717, 1.165) is 37.2 Å². The predicted molar refractivity (Wildman–Crippen MR) is 110 cm³/mol. The van der Waals surface area contributed by atoms with Gasteiger partial charge in [0.2, 0.25) is 0 Å². The number of pyridine rings is 1. The van der Waals surface area contributed by atoms with Gasteiger partial charge in [0.05, 0.1) is 5.56 Å². The van der Waals surface area contributed by atoms with Crippen molar-refractivity contribution >= 4 is 5.97 Å². The number of likely N-dealkylation sites (tertiary alicyclic amines) is 1. The molecule has 28 heavy (non-hydrogen) atoms. The highest BCUT2D eigenvalue weighted by molar-refractivity contribution is 5.95. The Morgan fingerprint density at radius 1 is 1.00 bits per heavy atom. The molecule has 0 radical (unpaired) electrons. The predicted octanol–water partition coefficient (Wildman–Crippen LogP) is 4.51. The molecule has 142 valence electrons. The first kappa shape index (κ1) is 18.4. The van der Waals surface area contributed by atoms with Gasteiger partial charge in [0.25, 0.3) is 0 Å². The normalized spacial score (nSPS) is 16.9. The molecule has 2 aromatic carbocycles. The van der Waals surface area contributed by atoms with Gasteiger partial charge in [0.15, 0.2) is 0 Å². The molecule has 1 N–H and O–H groups in total. The summed E-state index contributed by atoms with van der Waals surface area (Å²) >= 11 is 0. The lowest BCUT2D eigenvalue weighted by atomic mass is 9.98. The van der Waals surface area contributed by atoms with Crippen LogP contribution < -0.4 is 0 Å². The molecule has 1 aromatic heterocycles. The standard InChI is InChI=1S/C24H24N2O2/c27-24(28)23-4-2-1-3-22(23)21-7-5-19(6-8-21)16-26-14-11-20(17-26)15-18-9-12-25-13-10-18/h1-10,12-13,20H,11,14-17H2,(H,27,28)/t20-/m0/s1. The average molecular weight is 372 g/mol. The van der Waals surface area contributed by atoms with Gasteiger partial charge >= 0.3 is 5.97 Å². The number of benzene rings is 2. The van der Waals surface area contributed by atoms with Crippen LogP contribution in [0.3, 0.4) is 0 Å². The van der Waals surface area contributed by atoms with Gasteiger partial charge < -0.3 is 5.11 Å². The second-order valence-electron chi connectivity index (χ2n) is 7.50. The zero-order valence-electron chi connectivity index (χ0n) is 15.8. The Labute approximate surface area is 165 Å². The molecule has 4 heteroatoms. The fourth-order valence-electron chi connectivity index (χ4n) is 4.04. The minimum absolute atomic E-state index is 0.341. The van der Waals surface area contributed by atoms with E-state index in [1.54, 1.807) is 12.1 Å². The lowest BCUT2D eigenvalue weighted by Crippen LogP contribution is -2.20. The van der Waals surface area contributed by atoms with Gasteiger partial charge in [0.1, 0.15) is 0 Å². The van der Waals surface area contributed by atoms with Crippen molar-refractivity contribution in [3.05, 3.63) is 89.7 Å². The molecule has 1 aliphatic rings. The molecule has 3 aromatic rings. The van der Waals surface area contributed by atoms with Crippen LogP contribution in [-0.4, -0.2) is 34.0 Å². The summed E-state index contributed by atoms with van der Waals surface area (Å²) in [7, 11) is 0. The molecule has 0 bridgehead atoms. The lowest BCUT2D eigenvalue weighted by molar-refractivity contribution is 0.0697. The average Bonchev–Trinajstić information content (AvgIpc) is 3.16. The topological polar surface area (TPSA) is 53.4 Å². The van der Waals surface area contributed by atoms with Crippen molar-refractivity contribution in [3.8, 4) is 11.1 Å². The van der Waals surface area contributed by atoms with Crippen molar-refractivity contribution < 1.29 is 9.90 Å². The summed E-state index contributed by atoms with van der Waals surface area (Å²) in [6.07, 6.45) is 6.08. The zero-order valence-corrected chi connectivity index (χ0v) is 15.8. The summed E-state index contributed by atoms with van der Waals surface area (Å²) < 4.78 is 0. The highest BCUT2D eigenvalue weighted by Crippen LogP contribution is 2.26. The molecule has 0 unspecified atom stereocenters. The van der Waals surface area contributed by atoms with Crippen molar-refractivity contribution in [2.45, 2.75) is 19.4 Å². The lowest BCUT2D eigenvalue weighted by Gasteiger charge is -2.16. The third-order valence-corrected chi connectivity index (χ3v) is 5.47. The summed E-state index contributed by atoms with van der Waals surface area (Å²) in [6.45, 7) is 3.18.